The highest BCUT2D eigenvalue weighted by molar-refractivity contribution is 5.99. The van der Waals surface area contributed by atoms with E-state index in [0.29, 0.717) is 11.3 Å². The summed E-state index contributed by atoms with van der Waals surface area (Å²) in [6, 6.07) is 5.56. The third-order valence-corrected chi connectivity index (χ3v) is 2.94. The molecule has 0 aliphatic rings. The van der Waals surface area contributed by atoms with Gasteiger partial charge in [-0.1, -0.05) is 13.0 Å². The minimum absolute atomic E-state index is 0.0176. The van der Waals surface area contributed by atoms with Crippen LogP contribution in [0.25, 0.3) is 0 Å². The summed E-state index contributed by atoms with van der Waals surface area (Å²) in [6.45, 7) is 2.07. The average Bonchev–Trinajstić information content (AvgIpc) is 2.48. The molecule has 0 aliphatic carbocycles. The first-order valence-electron chi connectivity index (χ1n) is 6.19. The number of carbonyl (C=O) groups excluding carboxylic acids is 1. The molecule has 0 spiro atoms. The fraction of sp³-hybridized carbons (Fsp3) is 0.267. The van der Waals surface area contributed by atoms with E-state index >= 15 is 0 Å². The number of nitrogens with zero attached hydrogens (tertiary/aromatic N) is 2. The molecule has 0 bridgehead atoms. The molecule has 0 unspecified atom stereocenters. The van der Waals surface area contributed by atoms with E-state index in [1.54, 1.807) is 18.5 Å². The zero-order valence-electron chi connectivity index (χ0n) is 11.1. The molecule has 4 nitrogen and oxygen atoms in total. The first-order valence-corrected chi connectivity index (χ1v) is 6.19. The summed E-state index contributed by atoms with van der Waals surface area (Å²) < 4.78 is 5.14. The molecule has 0 aromatic carbocycles. The van der Waals surface area contributed by atoms with E-state index in [9.17, 15) is 4.79 Å². The maximum absolute atomic E-state index is 12.2. The molecule has 19 heavy (non-hydrogen) atoms. The lowest BCUT2D eigenvalue weighted by Gasteiger charge is -2.06. The Morgan fingerprint density at radius 2 is 2.11 bits per heavy atom. The summed E-state index contributed by atoms with van der Waals surface area (Å²) >= 11 is 0. The van der Waals surface area contributed by atoms with E-state index in [1.807, 2.05) is 18.3 Å². The fourth-order valence-electron chi connectivity index (χ4n) is 1.80. The van der Waals surface area contributed by atoms with Crippen LogP contribution in [0.15, 0.2) is 36.8 Å². The number of hydrogen-bond donors (Lipinski definition) is 0. The van der Waals surface area contributed by atoms with E-state index in [0.717, 1.165) is 17.7 Å². The second kappa shape index (κ2) is 6.09. The van der Waals surface area contributed by atoms with Gasteiger partial charge in [-0.05, 0) is 24.1 Å². The van der Waals surface area contributed by atoms with Crippen molar-refractivity contribution in [3.05, 3.63) is 53.6 Å². The van der Waals surface area contributed by atoms with Crippen molar-refractivity contribution in [1.82, 2.24) is 9.97 Å². The Morgan fingerprint density at radius 3 is 2.74 bits per heavy atom. The minimum atomic E-state index is -0.0176. The van der Waals surface area contributed by atoms with Crippen molar-refractivity contribution in [2.45, 2.75) is 19.8 Å². The maximum Gasteiger partial charge on any atom is 0.172 e. The first-order chi connectivity index (χ1) is 9.24. The maximum atomic E-state index is 12.2. The number of Topliss-reactive ketones (excluding diaryl/α,β-unsaturated/α-hetero) is 1. The molecule has 0 saturated carbocycles. The summed E-state index contributed by atoms with van der Waals surface area (Å²) in [5, 5.41) is 0. The number of rotatable bonds is 5. The van der Waals surface area contributed by atoms with E-state index in [4.69, 9.17) is 4.74 Å². The summed E-state index contributed by atoms with van der Waals surface area (Å²) in [5.74, 6) is 0.480. The van der Waals surface area contributed by atoms with E-state index in [-0.39, 0.29) is 12.2 Å². The molecule has 4 heteroatoms. The predicted molar refractivity (Wildman–Crippen MR) is 72.4 cm³/mol. The third-order valence-electron chi connectivity index (χ3n) is 2.94. The molecule has 0 atom stereocenters. The second-order valence-electron chi connectivity index (χ2n) is 4.19. The SMILES string of the molecule is CCc1ccc(CC(=O)c2ccncc2OC)nc1. The van der Waals surface area contributed by atoms with Gasteiger partial charge < -0.3 is 4.74 Å². The van der Waals surface area contributed by atoms with Crippen LogP contribution in [0.4, 0.5) is 0 Å². The van der Waals surface area contributed by atoms with Gasteiger partial charge in [-0.25, -0.2) is 0 Å². The van der Waals surface area contributed by atoms with Crippen molar-refractivity contribution in [3.8, 4) is 5.75 Å². The van der Waals surface area contributed by atoms with Gasteiger partial charge in [-0.3, -0.25) is 14.8 Å². The van der Waals surface area contributed by atoms with Crippen LogP contribution in [0.5, 0.6) is 5.75 Å². The standard InChI is InChI=1S/C15H16N2O2/c1-3-11-4-5-12(17-9-11)8-14(18)13-6-7-16-10-15(13)19-2/h4-7,9-10H,3,8H2,1-2H3. The monoisotopic (exact) mass is 256 g/mol. The summed E-state index contributed by atoms with van der Waals surface area (Å²) in [7, 11) is 1.53. The normalized spacial score (nSPS) is 10.2. The number of aromatic nitrogens is 2. The van der Waals surface area contributed by atoms with Crippen LogP contribution in [-0.2, 0) is 12.8 Å². The molecule has 0 radical (unpaired) electrons. The predicted octanol–water partition coefficient (Wildman–Crippen LogP) is 2.47. The highest BCUT2D eigenvalue weighted by Crippen LogP contribution is 2.17. The summed E-state index contributed by atoms with van der Waals surface area (Å²) in [6.07, 6.45) is 6.15. The van der Waals surface area contributed by atoms with Crippen molar-refractivity contribution in [3.63, 3.8) is 0 Å². The van der Waals surface area contributed by atoms with Crippen molar-refractivity contribution >= 4 is 5.78 Å². The number of carbonyl (C=O) groups is 1. The number of aryl methyl sites for hydroxylation is 1. The van der Waals surface area contributed by atoms with Gasteiger partial charge in [0, 0.05) is 18.1 Å². The highest BCUT2D eigenvalue weighted by Gasteiger charge is 2.13. The minimum Gasteiger partial charge on any atom is -0.494 e. The number of hydrogen-bond acceptors (Lipinski definition) is 4. The van der Waals surface area contributed by atoms with Crippen molar-refractivity contribution in [1.29, 1.82) is 0 Å². The molecule has 2 heterocycles. The Labute approximate surface area is 112 Å². The van der Waals surface area contributed by atoms with Gasteiger partial charge in [-0.15, -0.1) is 0 Å². The molecule has 0 amide bonds. The Balaban J connectivity index is 2.16. The number of ether oxygens (including phenoxy) is 1. The second-order valence-corrected chi connectivity index (χ2v) is 4.19. The lowest BCUT2D eigenvalue weighted by Crippen LogP contribution is -2.07. The van der Waals surface area contributed by atoms with Crippen LogP contribution in [-0.4, -0.2) is 22.9 Å². The van der Waals surface area contributed by atoms with Gasteiger partial charge in [0.1, 0.15) is 5.75 Å². The van der Waals surface area contributed by atoms with Gasteiger partial charge in [0.15, 0.2) is 5.78 Å². The Bertz CT molecular complexity index is 565. The van der Waals surface area contributed by atoms with Gasteiger partial charge in [0.25, 0.3) is 0 Å². The lowest BCUT2D eigenvalue weighted by molar-refractivity contribution is 0.0989. The average molecular weight is 256 g/mol. The largest absolute Gasteiger partial charge is 0.494 e. The smallest absolute Gasteiger partial charge is 0.172 e. The Morgan fingerprint density at radius 1 is 1.26 bits per heavy atom. The van der Waals surface area contributed by atoms with Gasteiger partial charge >= 0.3 is 0 Å². The van der Waals surface area contributed by atoms with Crippen molar-refractivity contribution in [2.75, 3.05) is 7.11 Å². The van der Waals surface area contributed by atoms with Crippen LogP contribution in [0.3, 0.4) is 0 Å². The van der Waals surface area contributed by atoms with Crippen LogP contribution in [0, 0.1) is 0 Å². The molecule has 0 aliphatic heterocycles. The third kappa shape index (κ3) is 3.16. The topological polar surface area (TPSA) is 52.1 Å². The van der Waals surface area contributed by atoms with Crippen LogP contribution >= 0.6 is 0 Å². The summed E-state index contributed by atoms with van der Waals surface area (Å²) in [5.41, 5.74) is 2.47. The molecule has 2 aromatic rings. The first kappa shape index (κ1) is 13.2. The van der Waals surface area contributed by atoms with Crippen LogP contribution in [0.2, 0.25) is 0 Å². The zero-order chi connectivity index (χ0) is 13.7. The lowest BCUT2D eigenvalue weighted by atomic mass is 10.1. The Hall–Kier alpha value is -2.23. The van der Waals surface area contributed by atoms with Crippen molar-refractivity contribution < 1.29 is 9.53 Å². The van der Waals surface area contributed by atoms with Crippen LogP contribution < -0.4 is 4.74 Å². The molecule has 2 aromatic heterocycles. The van der Waals surface area contributed by atoms with Crippen molar-refractivity contribution in [2.24, 2.45) is 0 Å². The molecule has 0 saturated heterocycles. The van der Waals surface area contributed by atoms with Crippen LogP contribution in [0.1, 0.15) is 28.5 Å². The molecular formula is C15H16N2O2. The molecule has 98 valence electrons. The quantitative estimate of drug-likeness (QED) is 0.771. The number of pyridine rings is 2. The van der Waals surface area contributed by atoms with Gasteiger partial charge in [-0.2, -0.15) is 0 Å². The highest BCUT2D eigenvalue weighted by atomic mass is 16.5. The number of methoxy groups -OCH3 is 1. The molecule has 0 N–H and O–H groups in total. The van der Waals surface area contributed by atoms with Gasteiger partial charge in [0.2, 0.25) is 0 Å². The molecule has 0 fully saturated rings. The number of ketones is 1. The molecular weight excluding hydrogens is 240 g/mol. The van der Waals surface area contributed by atoms with E-state index < -0.39 is 0 Å². The van der Waals surface area contributed by atoms with Gasteiger partial charge in [0.05, 0.1) is 25.3 Å². The molecule has 2 rings (SSSR count). The fourth-order valence-corrected chi connectivity index (χ4v) is 1.80. The summed E-state index contributed by atoms with van der Waals surface area (Å²) in [4.78, 5) is 20.4. The zero-order valence-corrected chi connectivity index (χ0v) is 11.1. The van der Waals surface area contributed by atoms with E-state index in [2.05, 4.69) is 16.9 Å². The Kier molecular flexibility index (Phi) is 4.23. The van der Waals surface area contributed by atoms with E-state index in [1.165, 1.54) is 7.11 Å².